The minimum absolute atomic E-state index is 0.256. The third-order valence-corrected chi connectivity index (χ3v) is 4.80. The SMILES string of the molecule is C=C(CNNCCCC#CCC(C)(C)CC(C)(C)CC)NC(C)C(=C)C. The van der Waals surface area contributed by atoms with E-state index in [-0.39, 0.29) is 6.04 Å². The second-order valence-corrected chi connectivity index (χ2v) is 9.09. The molecule has 26 heavy (non-hydrogen) atoms. The van der Waals surface area contributed by atoms with Crippen molar-refractivity contribution in [2.24, 2.45) is 10.8 Å². The Balaban J connectivity index is 3.81. The van der Waals surface area contributed by atoms with Crippen molar-refractivity contribution in [3.8, 4) is 11.8 Å². The zero-order valence-corrected chi connectivity index (χ0v) is 18.4. The molecule has 0 aromatic carbocycles. The van der Waals surface area contributed by atoms with Gasteiger partial charge in [-0.1, -0.05) is 59.8 Å². The zero-order valence-electron chi connectivity index (χ0n) is 18.4. The van der Waals surface area contributed by atoms with Gasteiger partial charge < -0.3 is 5.32 Å². The second kappa shape index (κ2) is 12.2. The van der Waals surface area contributed by atoms with E-state index in [1.54, 1.807) is 0 Å². The van der Waals surface area contributed by atoms with Gasteiger partial charge in [-0.15, -0.1) is 11.8 Å². The molecule has 0 bridgehead atoms. The van der Waals surface area contributed by atoms with Crippen molar-refractivity contribution >= 4 is 0 Å². The van der Waals surface area contributed by atoms with Gasteiger partial charge in [-0.25, -0.2) is 0 Å². The van der Waals surface area contributed by atoms with Gasteiger partial charge in [0.1, 0.15) is 0 Å². The van der Waals surface area contributed by atoms with Crippen LogP contribution in [0.2, 0.25) is 0 Å². The van der Waals surface area contributed by atoms with Crippen LogP contribution in [0.4, 0.5) is 0 Å². The molecule has 1 unspecified atom stereocenters. The van der Waals surface area contributed by atoms with Gasteiger partial charge in [0.25, 0.3) is 0 Å². The molecule has 0 spiro atoms. The monoisotopic (exact) mass is 361 g/mol. The minimum Gasteiger partial charge on any atom is -0.382 e. The van der Waals surface area contributed by atoms with Crippen molar-refractivity contribution in [3.63, 3.8) is 0 Å². The van der Waals surface area contributed by atoms with Gasteiger partial charge in [0.05, 0.1) is 0 Å². The van der Waals surface area contributed by atoms with E-state index in [0.29, 0.717) is 17.4 Å². The van der Waals surface area contributed by atoms with Crippen LogP contribution < -0.4 is 16.2 Å². The lowest BCUT2D eigenvalue weighted by Gasteiger charge is -2.33. The predicted octanol–water partition coefficient (Wildman–Crippen LogP) is 5.17. The first-order valence-electron chi connectivity index (χ1n) is 10.0. The minimum atomic E-state index is 0.256. The molecule has 0 aromatic rings. The number of unbranched alkanes of at least 4 members (excludes halogenated alkanes) is 1. The molecule has 0 fully saturated rings. The molecule has 0 heterocycles. The molecule has 0 amide bonds. The van der Waals surface area contributed by atoms with Crippen LogP contribution in [0.1, 0.15) is 80.6 Å². The largest absolute Gasteiger partial charge is 0.382 e. The summed E-state index contributed by atoms with van der Waals surface area (Å²) < 4.78 is 0. The van der Waals surface area contributed by atoms with Gasteiger partial charge in [0.2, 0.25) is 0 Å². The van der Waals surface area contributed by atoms with Crippen molar-refractivity contribution in [3.05, 3.63) is 24.4 Å². The molecule has 0 aliphatic carbocycles. The Morgan fingerprint density at radius 2 is 1.69 bits per heavy atom. The van der Waals surface area contributed by atoms with Crippen LogP contribution in [-0.4, -0.2) is 19.1 Å². The Morgan fingerprint density at radius 3 is 2.27 bits per heavy atom. The van der Waals surface area contributed by atoms with Gasteiger partial charge in [-0.05, 0) is 37.5 Å². The Kier molecular flexibility index (Phi) is 11.6. The molecule has 3 N–H and O–H groups in total. The van der Waals surface area contributed by atoms with Crippen LogP contribution in [0.5, 0.6) is 0 Å². The highest BCUT2D eigenvalue weighted by molar-refractivity contribution is 5.06. The fraction of sp³-hybridized carbons (Fsp3) is 0.739. The Bertz CT molecular complexity index is 491. The van der Waals surface area contributed by atoms with Crippen molar-refractivity contribution in [1.29, 1.82) is 0 Å². The summed E-state index contributed by atoms with van der Waals surface area (Å²) in [4.78, 5) is 0. The van der Waals surface area contributed by atoms with Crippen LogP contribution in [0, 0.1) is 22.7 Å². The number of nitrogens with one attached hydrogen (secondary N) is 3. The number of hydrogen-bond acceptors (Lipinski definition) is 3. The summed E-state index contributed by atoms with van der Waals surface area (Å²) in [6.45, 7) is 25.3. The van der Waals surface area contributed by atoms with Crippen molar-refractivity contribution in [1.82, 2.24) is 16.2 Å². The van der Waals surface area contributed by atoms with Crippen molar-refractivity contribution in [2.45, 2.75) is 86.6 Å². The van der Waals surface area contributed by atoms with E-state index in [0.717, 1.165) is 37.1 Å². The van der Waals surface area contributed by atoms with Gasteiger partial charge in [0, 0.05) is 37.7 Å². The van der Waals surface area contributed by atoms with E-state index in [2.05, 4.69) is 82.7 Å². The molecule has 0 aliphatic rings. The highest BCUT2D eigenvalue weighted by atomic mass is 15.3. The fourth-order valence-electron chi connectivity index (χ4n) is 2.88. The van der Waals surface area contributed by atoms with Gasteiger partial charge in [-0.2, -0.15) is 0 Å². The van der Waals surface area contributed by atoms with E-state index >= 15 is 0 Å². The first-order valence-corrected chi connectivity index (χ1v) is 10.0. The number of rotatable bonds is 13. The molecule has 150 valence electrons. The number of hydrazine groups is 1. The maximum Gasteiger partial charge on any atom is 0.0493 e. The van der Waals surface area contributed by atoms with Crippen LogP contribution >= 0.6 is 0 Å². The molecule has 3 nitrogen and oxygen atoms in total. The van der Waals surface area contributed by atoms with Crippen LogP contribution in [0.15, 0.2) is 24.4 Å². The normalized spacial score (nSPS) is 12.9. The standard InChI is InChI=1S/C23H43N3/c1-10-22(6,7)18-23(8,9)15-13-11-12-14-16-24-25-17-20(4)26-21(5)19(2)3/h21,24-26H,2,4,10,12,14-18H2,1,3,5-9H3. The van der Waals surface area contributed by atoms with Gasteiger partial charge in [-0.3, -0.25) is 10.9 Å². The lowest BCUT2D eigenvalue weighted by molar-refractivity contribution is 0.192. The lowest BCUT2D eigenvalue weighted by atomic mass is 9.72. The third kappa shape index (κ3) is 13.0. The van der Waals surface area contributed by atoms with E-state index in [1.165, 1.54) is 12.8 Å². The fourth-order valence-corrected chi connectivity index (χ4v) is 2.88. The maximum atomic E-state index is 4.01. The molecule has 0 rings (SSSR count). The molecular weight excluding hydrogens is 318 g/mol. The molecule has 0 radical (unpaired) electrons. The summed E-state index contributed by atoms with van der Waals surface area (Å²) >= 11 is 0. The Labute approximate surface area is 163 Å². The Morgan fingerprint density at radius 1 is 1.04 bits per heavy atom. The van der Waals surface area contributed by atoms with Gasteiger partial charge >= 0.3 is 0 Å². The van der Waals surface area contributed by atoms with Crippen LogP contribution in [0.25, 0.3) is 0 Å². The first-order chi connectivity index (χ1) is 12.0. The highest BCUT2D eigenvalue weighted by Gasteiger charge is 2.26. The quantitative estimate of drug-likeness (QED) is 0.183. The molecular formula is C23H43N3. The smallest absolute Gasteiger partial charge is 0.0493 e. The predicted molar refractivity (Wildman–Crippen MR) is 117 cm³/mol. The van der Waals surface area contributed by atoms with Crippen molar-refractivity contribution in [2.75, 3.05) is 13.1 Å². The molecule has 0 aromatic heterocycles. The van der Waals surface area contributed by atoms with Crippen LogP contribution in [0.3, 0.4) is 0 Å². The molecule has 3 heteroatoms. The molecule has 0 saturated heterocycles. The summed E-state index contributed by atoms with van der Waals surface area (Å²) in [5.74, 6) is 6.71. The lowest BCUT2D eigenvalue weighted by Crippen LogP contribution is -2.38. The molecule has 0 aliphatic heterocycles. The Hall–Kier alpha value is -1.24. The molecule has 1 atom stereocenters. The van der Waals surface area contributed by atoms with E-state index in [9.17, 15) is 0 Å². The summed E-state index contributed by atoms with van der Waals surface area (Å²) in [6, 6.07) is 0.256. The highest BCUT2D eigenvalue weighted by Crippen LogP contribution is 2.37. The maximum absolute atomic E-state index is 4.01. The van der Waals surface area contributed by atoms with Gasteiger partial charge in [0.15, 0.2) is 0 Å². The van der Waals surface area contributed by atoms with E-state index in [1.807, 2.05) is 6.92 Å². The summed E-state index contributed by atoms with van der Waals surface area (Å²) in [5.41, 5.74) is 9.18. The van der Waals surface area contributed by atoms with E-state index in [4.69, 9.17) is 0 Å². The summed E-state index contributed by atoms with van der Waals surface area (Å²) in [5, 5.41) is 3.31. The average Bonchev–Trinajstić information content (AvgIpc) is 2.52. The molecule has 0 saturated carbocycles. The average molecular weight is 362 g/mol. The zero-order chi connectivity index (χ0) is 20.2. The second-order valence-electron chi connectivity index (χ2n) is 9.09. The van der Waals surface area contributed by atoms with Crippen LogP contribution in [-0.2, 0) is 0 Å². The van der Waals surface area contributed by atoms with Crippen molar-refractivity contribution < 1.29 is 0 Å². The first kappa shape index (κ1) is 24.8. The third-order valence-electron chi connectivity index (χ3n) is 4.80. The van der Waals surface area contributed by atoms with E-state index < -0.39 is 0 Å². The summed E-state index contributed by atoms with van der Waals surface area (Å²) in [6.07, 6.45) is 5.40. The summed E-state index contributed by atoms with van der Waals surface area (Å²) in [7, 11) is 0. The topological polar surface area (TPSA) is 36.1 Å². The number of hydrogen-bond donors (Lipinski definition) is 3.